The molecule has 0 radical (unpaired) electrons. The average Bonchev–Trinajstić information content (AvgIpc) is 3.15. The molecule has 6 heteroatoms. The molecule has 0 spiro atoms. The Morgan fingerprint density at radius 1 is 1.29 bits per heavy atom. The molecular formula is C15H10N2O4. The number of amides is 1. The number of benzene rings is 1. The quantitative estimate of drug-likeness (QED) is 0.690. The molecule has 0 unspecified atom stereocenters. The summed E-state index contributed by atoms with van der Waals surface area (Å²) in [4.78, 5) is 12.1. The van der Waals surface area contributed by atoms with Gasteiger partial charge >= 0.3 is 0 Å². The van der Waals surface area contributed by atoms with E-state index in [1.54, 1.807) is 24.3 Å². The Balaban J connectivity index is 1.78. The van der Waals surface area contributed by atoms with Gasteiger partial charge in [-0.2, -0.15) is 5.26 Å². The fraction of sp³-hybridized carbons (Fsp3) is 0.0667. The zero-order valence-electron chi connectivity index (χ0n) is 10.8. The first kappa shape index (κ1) is 12.8. The van der Waals surface area contributed by atoms with E-state index in [1.165, 1.54) is 18.6 Å². The van der Waals surface area contributed by atoms with Gasteiger partial charge in [0.1, 0.15) is 11.6 Å². The third-order valence-corrected chi connectivity index (χ3v) is 2.85. The number of nitrogens with one attached hydrogen (secondary N) is 1. The summed E-state index contributed by atoms with van der Waals surface area (Å²) >= 11 is 0. The third-order valence-electron chi connectivity index (χ3n) is 2.85. The van der Waals surface area contributed by atoms with E-state index in [4.69, 9.17) is 19.2 Å². The van der Waals surface area contributed by atoms with Gasteiger partial charge in [0.15, 0.2) is 11.5 Å². The van der Waals surface area contributed by atoms with Gasteiger partial charge in [-0.3, -0.25) is 4.79 Å². The molecule has 0 aliphatic carbocycles. The van der Waals surface area contributed by atoms with Crippen LogP contribution in [0.1, 0.15) is 5.56 Å². The Morgan fingerprint density at radius 2 is 2.14 bits per heavy atom. The first-order valence-electron chi connectivity index (χ1n) is 6.11. The number of carbonyl (C=O) groups is 1. The van der Waals surface area contributed by atoms with E-state index in [2.05, 4.69) is 5.32 Å². The van der Waals surface area contributed by atoms with Crippen molar-refractivity contribution in [3.8, 4) is 17.6 Å². The molecule has 1 aliphatic rings. The predicted molar refractivity (Wildman–Crippen MR) is 73.5 cm³/mol. The molecule has 1 aliphatic heterocycles. The Kier molecular flexibility index (Phi) is 3.31. The molecule has 2 heterocycles. The maximum Gasteiger partial charge on any atom is 0.266 e. The summed E-state index contributed by atoms with van der Waals surface area (Å²) in [5.74, 6) is 0.685. The normalized spacial score (nSPS) is 12.8. The average molecular weight is 282 g/mol. The highest BCUT2D eigenvalue weighted by Gasteiger charge is 2.15. The Bertz CT molecular complexity index is 742. The van der Waals surface area contributed by atoms with Crippen molar-refractivity contribution in [1.29, 1.82) is 5.26 Å². The highest BCUT2D eigenvalue weighted by molar-refractivity contribution is 6.09. The van der Waals surface area contributed by atoms with Crippen molar-refractivity contribution < 1.29 is 18.7 Å². The molecule has 1 aromatic carbocycles. The number of nitrogens with zero attached hydrogens (tertiary/aromatic N) is 1. The Labute approximate surface area is 120 Å². The molecule has 0 fully saturated rings. The first-order valence-corrected chi connectivity index (χ1v) is 6.11. The lowest BCUT2D eigenvalue weighted by Gasteiger charge is -2.05. The molecule has 2 aromatic rings. The molecule has 0 saturated carbocycles. The van der Waals surface area contributed by atoms with Crippen LogP contribution in [-0.4, -0.2) is 12.7 Å². The fourth-order valence-corrected chi connectivity index (χ4v) is 1.85. The molecule has 1 N–H and O–H groups in total. The van der Waals surface area contributed by atoms with Gasteiger partial charge in [0.25, 0.3) is 5.91 Å². The summed E-state index contributed by atoms with van der Waals surface area (Å²) in [5.41, 5.74) is 1.15. The summed E-state index contributed by atoms with van der Waals surface area (Å²) in [6.45, 7) is 0.163. The van der Waals surface area contributed by atoms with E-state index in [1.807, 2.05) is 6.07 Å². The lowest BCUT2D eigenvalue weighted by atomic mass is 10.2. The summed E-state index contributed by atoms with van der Waals surface area (Å²) in [7, 11) is 0. The van der Waals surface area contributed by atoms with Gasteiger partial charge < -0.3 is 19.2 Å². The topological polar surface area (TPSA) is 84.5 Å². The molecule has 3 rings (SSSR count). The first-order chi connectivity index (χ1) is 10.3. The van der Waals surface area contributed by atoms with Gasteiger partial charge in [0, 0.05) is 17.3 Å². The third kappa shape index (κ3) is 2.72. The number of furan rings is 1. The van der Waals surface area contributed by atoms with E-state index in [0.29, 0.717) is 22.7 Å². The number of fused-ring (bicyclic) bond motifs is 1. The van der Waals surface area contributed by atoms with Crippen molar-refractivity contribution in [3.63, 3.8) is 0 Å². The maximum absolute atomic E-state index is 12.1. The number of rotatable bonds is 3. The van der Waals surface area contributed by atoms with E-state index in [0.717, 1.165) is 0 Å². The lowest BCUT2D eigenvalue weighted by Crippen LogP contribution is -2.13. The van der Waals surface area contributed by atoms with Crippen molar-refractivity contribution in [1.82, 2.24) is 0 Å². The maximum atomic E-state index is 12.1. The lowest BCUT2D eigenvalue weighted by molar-refractivity contribution is -0.112. The van der Waals surface area contributed by atoms with Crippen molar-refractivity contribution in [3.05, 3.63) is 47.9 Å². The van der Waals surface area contributed by atoms with Crippen LogP contribution in [0.15, 0.2) is 46.8 Å². The molecule has 6 nitrogen and oxygen atoms in total. The van der Waals surface area contributed by atoms with Crippen LogP contribution in [0.3, 0.4) is 0 Å². The minimum Gasteiger partial charge on any atom is -0.472 e. The van der Waals surface area contributed by atoms with Crippen LogP contribution in [0.5, 0.6) is 11.5 Å². The summed E-state index contributed by atoms with van der Waals surface area (Å²) in [5, 5.41) is 11.7. The van der Waals surface area contributed by atoms with Gasteiger partial charge in [-0.1, -0.05) is 0 Å². The largest absolute Gasteiger partial charge is 0.472 e. The van der Waals surface area contributed by atoms with Crippen LogP contribution in [0.4, 0.5) is 5.69 Å². The fourth-order valence-electron chi connectivity index (χ4n) is 1.85. The van der Waals surface area contributed by atoms with E-state index < -0.39 is 5.91 Å². The van der Waals surface area contributed by atoms with E-state index in [9.17, 15) is 4.79 Å². The minimum absolute atomic E-state index is 0.0194. The molecule has 0 bridgehead atoms. The summed E-state index contributed by atoms with van der Waals surface area (Å²) in [6.07, 6.45) is 4.37. The molecule has 1 aromatic heterocycles. The van der Waals surface area contributed by atoms with Gasteiger partial charge in [-0.05, 0) is 24.3 Å². The molecule has 0 atom stereocenters. The SMILES string of the molecule is N#C/C(=C\c1ccoc1)C(=O)Nc1ccc2c(c1)OCO2. The summed E-state index contributed by atoms with van der Waals surface area (Å²) in [6, 6.07) is 8.55. The zero-order chi connectivity index (χ0) is 14.7. The summed E-state index contributed by atoms with van der Waals surface area (Å²) < 4.78 is 15.3. The van der Waals surface area contributed by atoms with E-state index in [-0.39, 0.29) is 12.4 Å². The van der Waals surface area contributed by atoms with Crippen LogP contribution >= 0.6 is 0 Å². The Morgan fingerprint density at radius 3 is 2.90 bits per heavy atom. The molecular weight excluding hydrogens is 272 g/mol. The number of hydrogen-bond donors (Lipinski definition) is 1. The molecule has 1 amide bonds. The van der Waals surface area contributed by atoms with Crippen molar-refractivity contribution in [2.24, 2.45) is 0 Å². The van der Waals surface area contributed by atoms with Gasteiger partial charge in [-0.15, -0.1) is 0 Å². The number of hydrogen-bond acceptors (Lipinski definition) is 5. The predicted octanol–water partition coefficient (Wildman–Crippen LogP) is 2.55. The van der Waals surface area contributed by atoms with Crippen LogP contribution in [0, 0.1) is 11.3 Å². The minimum atomic E-state index is -0.502. The van der Waals surface area contributed by atoms with Gasteiger partial charge in [-0.25, -0.2) is 0 Å². The van der Waals surface area contributed by atoms with Crippen LogP contribution < -0.4 is 14.8 Å². The van der Waals surface area contributed by atoms with E-state index >= 15 is 0 Å². The smallest absolute Gasteiger partial charge is 0.266 e. The number of nitriles is 1. The highest BCUT2D eigenvalue weighted by atomic mass is 16.7. The van der Waals surface area contributed by atoms with Gasteiger partial charge in [0.05, 0.1) is 12.5 Å². The second-order valence-electron chi connectivity index (χ2n) is 4.25. The van der Waals surface area contributed by atoms with Crippen molar-refractivity contribution >= 4 is 17.7 Å². The molecule has 104 valence electrons. The van der Waals surface area contributed by atoms with Crippen molar-refractivity contribution in [2.45, 2.75) is 0 Å². The molecule has 0 saturated heterocycles. The standard InChI is InChI=1S/C15H10N2O4/c16-7-11(5-10-3-4-19-8-10)15(18)17-12-1-2-13-14(6-12)21-9-20-13/h1-6,8H,9H2,(H,17,18)/b11-5+. The number of ether oxygens (including phenoxy) is 2. The van der Waals surface area contributed by atoms with Crippen LogP contribution in [0.2, 0.25) is 0 Å². The van der Waals surface area contributed by atoms with Crippen LogP contribution in [-0.2, 0) is 4.79 Å². The monoisotopic (exact) mass is 282 g/mol. The zero-order valence-corrected chi connectivity index (χ0v) is 10.8. The number of anilines is 1. The second-order valence-corrected chi connectivity index (χ2v) is 4.25. The van der Waals surface area contributed by atoms with Crippen LogP contribution in [0.25, 0.3) is 6.08 Å². The molecule has 21 heavy (non-hydrogen) atoms. The Hall–Kier alpha value is -3.20. The van der Waals surface area contributed by atoms with Gasteiger partial charge in [0.2, 0.25) is 6.79 Å². The second kappa shape index (κ2) is 5.43. The highest BCUT2D eigenvalue weighted by Crippen LogP contribution is 2.34. The van der Waals surface area contributed by atoms with Crippen molar-refractivity contribution in [2.75, 3.05) is 12.1 Å². The number of carbonyl (C=O) groups excluding carboxylic acids is 1.